The molecule has 1 saturated carbocycles. The molecule has 4 heteroatoms. The highest BCUT2D eigenvalue weighted by Crippen LogP contribution is 2.34. The first-order valence-electron chi connectivity index (χ1n) is 4.79. The standard InChI is InChI=1S/C9H15N3O/c1-12-7(5-4-6-2-3-6)8(10)11-9(12)13/h6-7H,2-5H2,1H3,(H2,10,11,13). The topological polar surface area (TPSA) is 58.7 Å². The van der Waals surface area contributed by atoms with Gasteiger partial charge in [-0.25, -0.2) is 4.79 Å². The summed E-state index contributed by atoms with van der Waals surface area (Å²) in [5, 5.41) is 0. The summed E-state index contributed by atoms with van der Waals surface area (Å²) >= 11 is 0. The Morgan fingerprint density at radius 1 is 1.54 bits per heavy atom. The van der Waals surface area contributed by atoms with Gasteiger partial charge >= 0.3 is 6.03 Å². The van der Waals surface area contributed by atoms with Gasteiger partial charge in [0.2, 0.25) is 0 Å². The molecule has 2 amide bonds. The first-order valence-corrected chi connectivity index (χ1v) is 4.79. The van der Waals surface area contributed by atoms with Gasteiger partial charge in [0.25, 0.3) is 0 Å². The minimum absolute atomic E-state index is 0.0631. The molecular formula is C9H15N3O. The Kier molecular flexibility index (Phi) is 1.98. The lowest BCUT2D eigenvalue weighted by atomic mass is 10.1. The predicted octanol–water partition coefficient (Wildman–Crippen LogP) is 0.968. The quantitative estimate of drug-likeness (QED) is 0.705. The van der Waals surface area contributed by atoms with Crippen molar-refractivity contribution in [2.45, 2.75) is 31.7 Å². The zero-order chi connectivity index (χ0) is 9.42. The molecule has 1 atom stereocenters. The number of nitrogens with zero attached hydrogens (tertiary/aromatic N) is 2. The SMILES string of the molecule is CN1C(=O)N=C(N)C1CCC1CC1. The van der Waals surface area contributed by atoms with E-state index in [1.807, 2.05) is 0 Å². The van der Waals surface area contributed by atoms with Gasteiger partial charge in [0.05, 0.1) is 6.04 Å². The summed E-state index contributed by atoms with van der Waals surface area (Å²) in [6, 6.07) is -0.133. The minimum atomic E-state index is -0.196. The van der Waals surface area contributed by atoms with Crippen LogP contribution >= 0.6 is 0 Å². The highest BCUT2D eigenvalue weighted by Gasteiger charge is 2.31. The van der Waals surface area contributed by atoms with Crippen molar-refractivity contribution in [3.05, 3.63) is 0 Å². The highest BCUT2D eigenvalue weighted by atomic mass is 16.2. The summed E-state index contributed by atoms with van der Waals surface area (Å²) in [5.41, 5.74) is 5.65. The zero-order valence-electron chi connectivity index (χ0n) is 7.86. The third-order valence-corrected chi connectivity index (χ3v) is 2.88. The van der Waals surface area contributed by atoms with Crippen molar-refractivity contribution in [2.75, 3.05) is 7.05 Å². The third-order valence-electron chi connectivity index (χ3n) is 2.88. The van der Waals surface area contributed by atoms with E-state index in [1.165, 1.54) is 19.3 Å². The molecule has 0 aromatic heterocycles. The summed E-state index contributed by atoms with van der Waals surface area (Å²) in [5.74, 6) is 1.38. The Bertz CT molecular complexity index is 258. The van der Waals surface area contributed by atoms with Crippen LogP contribution in [-0.2, 0) is 0 Å². The van der Waals surface area contributed by atoms with E-state index in [0.717, 1.165) is 12.3 Å². The Labute approximate surface area is 77.8 Å². The number of amidine groups is 1. The summed E-state index contributed by atoms with van der Waals surface area (Å²) in [6.07, 6.45) is 4.85. The average molecular weight is 181 g/mol. The normalized spacial score (nSPS) is 28.1. The van der Waals surface area contributed by atoms with E-state index < -0.39 is 0 Å². The summed E-state index contributed by atoms with van der Waals surface area (Å²) in [4.78, 5) is 16.5. The Balaban J connectivity index is 1.89. The van der Waals surface area contributed by atoms with E-state index in [-0.39, 0.29) is 12.1 Å². The molecule has 1 aliphatic heterocycles. The molecule has 0 radical (unpaired) electrons. The second-order valence-corrected chi connectivity index (χ2v) is 3.97. The minimum Gasteiger partial charge on any atom is -0.385 e. The van der Waals surface area contributed by atoms with Gasteiger partial charge in [-0.15, -0.1) is 0 Å². The maximum atomic E-state index is 11.1. The molecule has 2 N–H and O–H groups in total. The predicted molar refractivity (Wildman–Crippen MR) is 50.5 cm³/mol. The lowest BCUT2D eigenvalue weighted by molar-refractivity contribution is 0.216. The van der Waals surface area contributed by atoms with Gasteiger partial charge < -0.3 is 10.6 Å². The van der Waals surface area contributed by atoms with Crippen LogP contribution in [-0.4, -0.2) is 29.9 Å². The smallest absolute Gasteiger partial charge is 0.345 e. The molecular weight excluding hydrogens is 166 g/mol. The second kappa shape index (κ2) is 3.01. The lowest BCUT2D eigenvalue weighted by Crippen LogP contribution is -2.37. The number of carbonyl (C=O) groups excluding carboxylic acids is 1. The van der Waals surface area contributed by atoms with Crippen molar-refractivity contribution in [1.29, 1.82) is 0 Å². The van der Waals surface area contributed by atoms with Gasteiger partial charge in [-0.05, 0) is 18.8 Å². The van der Waals surface area contributed by atoms with E-state index in [1.54, 1.807) is 11.9 Å². The summed E-state index contributed by atoms with van der Waals surface area (Å²) < 4.78 is 0. The van der Waals surface area contributed by atoms with Crippen LogP contribution in [0.5, 0.6) is 0 Å². The molecule has 2 aliphatic rings. The molecule has 0 saturated heterocycles. The Morgan fingerprint density at radius 2 is 2.23 bits per heavy atom. The van der Waals surface area contributed by atoms with Crippen LogP contribution in [0.15, 0.2) is 4.99 Å². The maximum absolute atomic E-state index is 11.1. The molecule has 1 fully saturated rings. The van der Waals surface area contributed by atoms with Crippen molar-refractivity contribution in [2.24, 2.45) is 16.6 Å². The van der Waals surface area contributed by atoms with E-state index in [9.17, 15) is 4.79 Å². The van der Waals surface area contributed by atoms with Crippen LogP contribution in [0, 0.1) is 5.92 Å². The van der Waals surface area contributed by atoms with Crippen molar-refractivity contribution >= 4 is 11.9 Å². The number of nitrogens with two attached hydrogens (primary N) is 1. The molecule has 0 spiro atoms. The largest absolute Gasteiger partial charge is 0.385 e. The van der Waals surface area contributed by atoms with E-state index in [2.05, 4.69) is 4.99 Å². The second-order valence-electron chi connectivity index (χ2n) is 3.97. The van der Waals surface area contributed by atoms with Gasteiger partial charge in [0.1, 0.15) is 5.84 Å². The van der Waals surface area contributed by atoms with Crippen molar-refractivity contribution in [1.82, 2.24) is 4.90 Å². The van der Waals surface area contributed by atoms with Crippen molar-refractivity contribution in [3.8, 4) is 0 Å². The first-order chi connectivity index (χ1) is 6.18. The monoisotopic (exact) mass is 181 g/mol. The van der Waals surface area contributed by atoms with Gasteiger partial charge in [0, 0.05) is 7.05 Å². The number of hydrogen-bond donors (Lipinski definition) is 1. The van der Waals surface area contributed by atoms with Gasteiger partial charge in [0.15, 0.2) is 0 Å². The average Bonchev–Trinajstić information content (AvgIpc) is 2.84. The number of hydrogen-bond acceptors (Lipinski definition) is 2. The van der Waals surface area contributed by atoms with Crippen LogP contribution in [0.4, 0.5) is 4.79 Å². The molecule has 1 unspecified atom stereocenters. The molecule has 4 nitrogen and oxygen atoms in total. The van der Waals surface area contributed by atoms with Crippen LogP contribution in [0.25, 0.3) is 0 Å². The van der Waals surface area contributed by atoms with Crippen LogP contribution in [0.3, 0.4) is 0 Å². The third kappa shape index (κ3) is 1.66. The molecule has 1 aliphatic carbocycles. The maximum Gasteiger partial charge on any atom is 0.345 e. The number of likely N-dealkylation sites (N-methyl/N-ethyl adjacent to an activating group) is 1. The lowest BCUT2D eigenvalue weighted by Gasteiger charge is -2.18. The first kappa shape index (κ1) is 8.53. The fourth-order valence-corrected chi connectivity index (χ4v) is 1.74. The van der Waals surface area contributed by atoms with Crippen molar-refractivity contribution in [3.63, 3.8) is 0 Å². The van der Waals surface area contributed by atoms with Crippen molar-refractivity contribution < 1.29 is 4.79 Å². The van der Waals surface area contributed by atoms with Crippen LogP contribution in [0.1, 0.15) is 25.7 Å². The number of rotatable bonds is 3. The number of aliphatic imine (C=N–C) groups is 1. The number of urea groups is 1. The van der Waals surface area contributed by atoms with Crippen LogP contribution in [0.2, 0.25) is 0 Å². The number of amides is 2. The fourth-order valence-electron chi connectivity index (χ4n) is 1.74. The summed E-state index contributed by atoms with van der Waals surface area (Å²) in [7, 11) is 1.77. The Morgan fingerprint density at radius 3 is 2.69 bits per heavy atom. The molecule has 2 rings (SSSR count). The van der Waals surface area contributed by atoms with Gasteiger partial charge in [-0.2, -0.15) is 4.99 Å². The number of carbonyl (C=O) groups is 1. The fraction of sp³-hybridized carbons (Fsp3) is 0.778. The molecule has 0 aromatic rings. The zero-order valence-corrected chi connectivity index (χ0v) is 7.86. The van der Waals surface area contributed by atoms with Gasteiger partial charge in [-0.1, -0.05) is 12.8 Å². The Hall–Kier alpha value is -1.06. The van der Waals surface area contributed by atoms with Gasteiger partial charge in [-0.3, -0.25) is 0 Å². The summed E-state index contributed by atoms with van der Waals surface area (Å²) in [6.45, 7) is 0. The molecule has 0 aromatic carbocycles. The van der Waals surface area contributed by atoms with E-state index in [4.69, 9.17) is 5.73 Å². The van der Waals surface area contributed by atoms with E-state index >= 15 is 0 Å². The highest BCUT2D eigenvalue weighted by molar-refractivity contribution is 6.02. The van der Waals surface area contributed by atoms with E-state index in [0.29, 0.717) is 5.84 Å². The molecule has 0 bridgehead atoms. The molecule has 13 heavy (non-hydrogen) atoms. The molecule has 1 heterocycles. The molecule has 72 valence electrons. The van der Waals surface area contributed by atoms with Crippen LogP contribution < -0.4 is 5.73 Å².